The molecule has 2 aliphatic rings. The highest BCUT2D eigenvalue weighted by Gasteiger charge is 2.48. The van der Waals surface area contributed by atoms with Gasteiger partial charge in [0.05, 0.1) is 12.0 Å². The third-order valence-corrected chi connectivity index (χ3v) is 7.90. The van der Waals surface area contributed by atoms with E-state index in [1.807, 2.05) is 30.3 Å². The molecule has 4 aromatic rings. The van der Waals surface area contributed by atoms with Crippen LogP contribution >= 0.6 is 0 Å². The number of carboxylic acid groups (broad SMARTS) is 1. The molecule has 1 aliphatic carbocycles. The maximum atomic E-state index is 16.5. The van der Waals surface area contributed by atoms with Gasteiger partial charge in [-0.05, 0) is 67.7 Å². The minimum atomic E-state index is -2.55. The largest absolute Gasteiger partial charge is 0.481 e. The van der Waals surface area contributed by atoms with E-state index in [2.05, 4.69) is 9.97 Å². The van der Waals surface area contributed by atoms with Crippen molar-refractivity contribution in [1.82, 2.24) is 14.9 Å². The molecule has 2 aromatic heterocycles. The second-order valence-corrected chi connectivity index (χ2v) is 10.5. The van der Waals surface area contributed by atoms with E-state index in [1.54, 1.807) is 24.4 Å². The molecule has 0 radical (unpaired) electrons. The van der Waals surface area contributed by atoms with Gasteiger partial charge in [-0.15, -0.1) is 0 Å². The summed E-state index contributed by atoms with van der Waals surface area (Å²) in [6.07, 6.45) is 4.30. The van der Waals surface area contributed by atoms with Gasteiger partial charge in [-0.3, -0.25) is 14.6 Å². The fourth-order valence-corrected chi connectivity index (χ4v) is 5.73. The number of halogens is 1. The number of carbonyl (C=O) groups is 2. The standard InChI is InChI=1S/C30H30FN3O5/c31-30(34-15-3-4-16-34,39-22-10-8-21(9-11-22)29(36)37)26(35)18-19-7-12-24-25(17-19)38-28(33-24)27-23-6-2-1-5-20(23)13-14-32-27/h1-2,5-7,12-14,17,21-22H,3-4,8-11,15-16,18H2,(H,36,37)/t21-,22-,30?. The predicted octanol–water partition coefficient (Wildman–Crippen LogP) is 5.53. The van der Waals surface area contributed by atoms with Crippen LogP contribution in [0, 0.1) is 5.92 Å². The maximum absolute atomic E-state index is 16.5. The summed E-state index contributed by atoms with van der Waals surface area (Å²) in [6, 6.07) is 15.0. The van der Waals surface area contributed by atoms with Crippen LogP contribution in [0.4, 0.5) is 4.39 Å². The van der Waals surface area contributed by atoms with Crippen molar-refractivity contribution in [1.29, 1.82) is 0 Å². The molecule has 2 aromatic carbocycles. The minimum absolute atomic E-state index is 0.171. The Bertz CT molecular complexity index is 1520. The van der Waals surface area contributed by atoms with Crippen LogP contribution in [0.5, 0.6) is 0 Å². The van der Waals surface area contributed by atoms with Gasteiger partial charge in [-0.25, -0.2) is 9.88 Å². The number of ketones is 1. The van der Waals surface area contributed by atoms with E-state index in [1.165, 1.54) is 4.90 Å². The number of carbonyl (C=O) groups excluding carboxylic acids is 1. The fourth-order valence-electron chi connectivity index (χ4n) is 5.73. The molecule has 1 atom stereocenters. The number of fused-ring (bicyclic) bond motifs is 2. The molecular formula is C30H30FN3O5. The number of benzene rings is 2. The van der Waals surface area contributed by atoms with E-state index in [4.69, 9.17) is 9.15 Å². The number of hydrogen-bond acceptors (Lipinski definition) is 7. The molecule has 9 heteroatoms. The summed E-state index contributed by atoms with van der Waals surface area (Å²) in [7, 11) is 0. The van der Waals surface area contributed by atoms with Gasteiger partial charge < -0.3 is 14.3 Å². The Morgan fingerprint density at radius 3 is 2.62 bits per heavy atom. The number of nitrogens with zero attached hydrogens (tertiary/aromatic N) is 3. The number of likely N-dealkylation sites (tertiary alicyclic amines) is 1. The minimum Gasteiger partial charge on any atom is -0.481 e. The summed E-state index contributed by atoms with van der Waals surface area (Å²) in [5, 5.41) is 11.2. The van der Waals surface area contributed by atoms with E-state index in [0.717, 1.165) is 23.6 Å². The highest BCUT2D eigenvalue weighted by Crippen LogP contribution is 2.35. The summed E-state index contributed by atoms with van der Waals surface area (Å²) in [5.74, 6) is -4.12. The molecule has 1 aliphatic heterocycles. The van der Waals surface area contributed by atoms with E-state index in [9.17, 15) is 14.7 Å². The summed E-state index contributed by atoms with van der Waals surface area (Å²) in [4.78, 5) is 35.3. The van der Waals surface area contributed by atoms with Crippen LogP contribution in [0.15, 0.2) is 59.1 Å². The number of hydrogen-bond donors (Lipinski definition) is 1. The number of carboxylic acids is 1. The molecule has 0 amide bonds. The zero-order chi connectivity index (χ0) is 27.0. The first kappa shape index (κ1) is 25.6. The summed E-state index contributed by atoms with van der Waals surface area (Å²) < 4.78 is 28.4. The zero-order valence-corrected chi connectivity index (χ0v) is 21.5. The summed E-state index contributed by atoms with van der Waals surface area (Å²) >= 11 is 0. The van der Waals surface area contributed by atoms with E-state index < -0.39 is 29.8 Å². The molecule has 1 N–H and O–H groups in total. The van der Waals surface area contributed by atoms with Gasteiger partial charge in [0.15, 0.2) is 5.58 Å². The van der Waals surface area contributed by atoms with Crippen molar-refractivity contribution in [2.24, 2.45) is 5.92 Å². The van der Waals surface area contributed by atoms with Crippen molar-refractivity contribution in [3.63, 3.8) is 0 Å². The molecule has 6 rings (SSSR count). The van der Waals surface area contributed by atoms with Crippen molar-refractivity contribution in [2.45, 2.75) is 57.0 Å². The lowest BCUT2D eigenvalue weighted by atomic mass is 9.87. The Hall–Kier alpha value is -3.69. The first-order valence-corrected chi connectivity index (χ1v) is 13.5. The Labute approximate surface area is 224 Å². The smallest absolute Gasteiger partial charge is 0.330 e. The predicted molar refractivity (Wildman–Crippen MR) is 143 cm³/mol. The second kappa shape index (κ2) is 10.5. The van der Waals surface area contributed by atoms with Crippen molar-refractivity contribution in [2.75, 3.05) is 13.1 Å². The van der Waals surface area contributed by atoms with Gasteiger partial charge in [0.2, 0.25) is 11.7 Å². The molecule has 0 bridgehead atoms. The number of rotatable bonds is 8. The average molecular weight is 532 g/mol. The first-order chi connectivity index (χ1) is 18.9. The van der Waals surface area contributed by atoms with Gasteiger partial charge in [-0.2, -0.15) is 4.39 Å². The van der Waals surface area contributed by atoms with Crippen LogP contribution in [-0.4, -0.2) is 56.9 Å². The highest BCUT2D eigenvalue weighted by atomic mass is 19.2. The maximum Gasteiger partial charge on any atom is 0.330 e. The Balaban J connectivity index is 1.23. The zero-order valence-electron chi connectivity index (χ0n) is 21.5. The van der Waals surface area contributed by atoms with Gasteiger partial charge in [0.25, 0.3) is 0 Å². The first-order valence-electron chi connectivity index (χ1n) is 13.5. The quantitative estimate of drug-likeness (QED) is 0.296. The average Bonchev–Trinajstić information content (AvgIpc) is 3.64. The Morgan fingerprint density at radius 1 is 1.08 bits per heavy atom. The van der Waals surface area contributed by atoms with Crippen LogP contribution in [0.1, 0.15) is 44.1 Å². The molecular weight excluding hydrogens is 501 g/mol. The fraction of sp³-hybridized carbons (Fsp3) is 0.400. The molecule has 202 valence electrons. The number of oxazole rings is 1. The number of aliphatic carboxylic acids is 1. The second-order valence-electron chi connectivity index (χ2n) is 10.5. The molecule has 8 nitrogen and oxygen atoms in total. The van der Waals surface area contributed by atoms with Crippen molar-refractivity contribution >= 4 is 33.6 Å². The lowest BCUT2D eigenvalue weighted by Gasteiger charge is -2.37. The number of ether oxygens (including phenoxy) is 1. The Kier molecular flexibility index (Phi) is 6.86. The van der Waals surface area contributed by atoms with Crippen LogP contribution in [0.2, 0.25) is 0 Å². The summed E-state index contributed by atoms with van der Waals surface area (Å²) in [6.45, 7) is 0.879. The van der Waals surface area contributed by atoms with Crippen molar-refractivity contribution in [3.8, 4) is 11.6 Å². The van der Waals surface area contributed by atoms with Gasteiger partial charge >= 0.3 is 11.9 Å². The van der Waals surface area contributed by atoms with Crippen LogP contribution < -0.4 is 0 Å². The van der Waals surface area contributed by atoms with E-state index in [0.29, 0.717) is 67.0 Å². The lowest BCUT2D eigenvalue weighted by molar-refractivity contribution is -0.252. The summed E-state index contributed by atoms with van der Waals surface area (Å²) in [5.41, 5.74) is 2.34. The molecule has 39 heavy (non-hydrogen) atoms. The van der Waals surface area contributed by atoms with Gasteiger partial charge in [-0.1, -0.05) is 30.3 Å². The SMILES string of the molecule is O=C(Cc1ccc2nc(-c3nccc4ccccc34)oc2c1)C(F)(O[C@H]1CC[C@H](C(=O)O)CC1)N1CCCC1. The van der Waals surface area contributed by atoms with Crippen LogP contribution in [0.3, 0.4) is 0 Å². The van der Waals surface area contributed by atoms with Gasteiger partial charge in [0, 0.05) is 31.1 Å². The monoisotopic (exact) mass is 531 g/mol. The van der Waals surface area contributed by atoms with Crippen LogP contribution in [-0.2, 0) is 20.7 Å². The van der Waals surface area contributed by atoms with Crippen LogP contribution in [0.25, 0.3) is 33.5 Å². The third-order valence-electron chi connectivity index (χ3n) is 7.90. The van der Waals surface area contributed by atoms with Gasteiger partial charge in [0.1, 0.15) is 11.2 Å². The topological polar surface area (TPSA) is 106 Å². The van der Waals surface area contributed by atoms with Crippen molar-refractivity contribution < 1.29 is 28.2 Å². The highest BCUT2D eigenvalue weighted by molar-refractivity contribution is 5.94. The molecule has 1 saturated heterocycles. The molecule has 1 unspecified atom stereocenters. The third kappa shape index (κ3) is 5.04. The Morgan fingerprint density at radius 2 is 1.85 bits per heavy atom. The number of alkyl halides is 1. The number of Topliss-reactive ketones (excluding diaryl/α,β-unsaturated/α-hetero) is 1. The number of pyridine rings is 1. The molecule has 2 fully saturated rings. The molecule has 3 heterocycles. The van der Waals surface area contributed by atoms with E-state index >= 15 is 4.39 Å². The normalized spacial score (nSPS) is 21.8. The molecule has 0 spiro atoms. The van der Waals surface area contributed by atoms with Crippen molar-refractivity contribution in [3.05, 3.63) is 60.3 Å². The molecule has 1 saturated carbocycles. The number of aromatic nitrogens is 2. The lowest BCUT2D eigenvalue weighted by Crippen LogP contribution is -2.54. The van der Waals surface area contributed by atoms with E-state index in [-0.39, 0.29) is 6.42 Å².